The lowest BCUT2D eigenvalue weighted by Gasteiger charge is -2.16. The summed E-state index contributed by atoms with van der Waals surface area (Å²) in [6.45, 7) is 7.99. The predicted octanol–water partition coefficient (Wildman–Crippen LogP) is 4.99. The van der Waals surface area contributed by atoms with Crippen molar-refractivity contribution in [2.24, 2.45) is 5.92 Å². The number of nitrogens with one attached hydrogen (secondary N) is 1. The van der Waals surface area contributed by atoms with Crippen LogP contribution >= 0.6 is 0 Å². The standard InChI is InChI=1S/C20H27NO2/c1-16(2)13-14-22-19-11-9-18(10-12-19)21-15-17(3)23-20-7-5-4-6-8-20/h4-12,16-17,21H,13-15H2,1-3H3/t17-/m1/s1. The second kappa shape index (κ2) is 9.09. The molecule has 1 N–H and O–H groups in total. The van der Waals surface area contributed by atoms with Gasteiger partial charge in [-0.05, 0) is 55.7 Å². The summed E-state index contributed by atoms with van der Waals surface area (Å²) >= 11 is 0. The largest absolute Gasteiger partial charge is 0.494 e. The molecule has 0 aliphatic heterocycles. The van der Waals surface area contributed by atoms with Crippen molar-refractivity contribution in [3.8, 4) is 11.5 Å². The molecule has 0 heterocycles. The van der Waals surface area contributed by atoms with Crippen molar-refractivity contribution >= 4 is 5.69 Å². The van der Waals surface area contributed by atoms with Gasteiger partial charge in [0, 0.05) is 5.69 Å². The molecule has 0 aliphatic rings. The first-order valence-electron chi connectivity index (χ1n) is 8.32. The first-order valence-corrected chi connectivity index (χ1v) is 8.32. The fourth-order valence-corrected chi connectivity index (χ4v) is 2.12. The first kappa shape index (κ1) is 17.2. The van der Waals surface area contributed by atoms with Crippen LogP contribution in [0.5, 0.6) is 11.5 Å². The second-order valence-corrected chi connectivity index (χ2v) is 6.18. The molecule has 2 aromatic rings. The Bertz CT molecular complexity index is 552. The van der Waals surface area contributed by atoms with Gasteiger partial charge in [-0.15, -0.1) is 0 Å². The van der Waals surface area contributed by atoms with Gasteiger partial charge in [-0.1, -0.05) is 32.0 Å². The molecule has 0 aromatic heterocycles. The third kappa shape index (κ3) is 6.64. The minimum absolute atomic E-state index is 0.0966. The van der Waals surface area contributed by atoms with Crippen LogP contribution in [0.4, 0.5) is 5.69 Å². The fraction of sp³-hybridized carbons (Fsp3) is 0.400. The zero-order chi connectivity index (χ0) is 16.5. The third-order valence-corrected chi connectivity index (χ3v) is 3.49. The average molecular weight is 313 g/mol. The van der Waals surface area contributed by atoms with Crippen LogP contribution in [0.2, 0.25) is 0 Å². The van der Waals surface area contributed by atoms with Crippen molar-refractivity contribution in [1.82, 2.24) is 0 Å². The number of anilines is 1. The molecule has 0 amide bonds. The van der Waals surface area contributed by atoms with Crippen LogP contribution in [0, 0.1) is 5.92 Å². The van der Waals surface area contributed by atoms with Crippen molar-refractivity contribution in [3.05, 3.63) is 54.6 Å². The molecule has 2 aromatic carbocycles. The molecule has 3 nitrogen and oxygen atoms in total. The van der Waals surface area contributed by atoms with E-state index in [-0.39, 0.29) is 6.10 Å². The summed E-state index contributed by atoms with van der Waals surface area (Å²) in [5.41, 5.74) is 1.07. The smallest absolute Gasteiger partial charge is 0.119 e. The summed E-state index contributed by atoms with van der Waals surface area (Å²) in [7, 11) is 0. The van der Waals surface area contributed by atoms with Crippen LogP contribution in [0.25, 0.3) is 0 Å². The molecular weight excluding hydrogens is 286 g/mol. The van der Waals surface area contributed by atoms with Gasteiger partial charge in [-0.2, -0.15) is 0 Å². The molecule has 2 rings (SSSR count). The van der Waals surface area contributed by atoms with Crippen LogP contribution in [0.15, 0.2) is 54.6 Å². The molecule has 124 valence electrons. The Morgan fingerprint density at radius 1 is 0.870 bits per heavy atom. The van der Waals surface area contributed by atoms with E-state index in [1.807, 2.05) is 54.6 Å². The monoisotopic (exact) mass is 313 g/mol. The van der Waals surface area contributed by atoms with Gasteiger partial charge in [0.25, 0.3) is 0 Å². The Morgan fingerprint density at radius 3 is 2.22 bits per heavy atom. The highest BCUT2D eigenvalue weighted by Crippen LogP contribution is 2.17. The molecule has 0 aliphatic carbocycles. The number of hydrogen-bond donors (Lipinski definition) is 1. The molecule has 23 heavy (non-hydrogen) atoms. The van der Waals surface area contributed by atoms with E-state index in [1.54, 1.807) is 0 Å². The van der Waals surface area contributed by atoms with Crippen LogP contribution < -0.4 is 14.8 Å². The Labute approximate surface area is 139 Å². The summed E-state index contributed by atoms with van der Waals surface area (Å²) in [5.74, 6) is 2.49. The van der Waals surface area contributed by atoms with Gasteiger partial charge < -0.3 is 14.8 Å². The zero-order valence-corrected chi connectivity index (χ0v) is 14.3. The normalized spacial score (nSPS) is 12.0. The van der Waals surface area contributed by atoms with Crippen LogP contribution in [-0.4, -0.2) is 19.3 Å². The van der Waals surface area contributed by atoms with Crippen molar-refractivity contribution in [1.29, 1.82) is 0 Å². The Hall–Kier alpha value is -2.16. The second-order valence-electron chi connectivity index (χ2n) is 6.18. The highest BCUT2D eigenvalue weighted by molar-refractivity contribution is 5.46. The van der Waals surface area contributed by atoms with E-state index < -0.39 is 0 Å². The van der Waals surface area contributed by atoms with Gasteiger partial charge in [-0.25, -0.2) is 0 Å². The average Bonchev–Trinajstić information content (AvgIpc) is 2.55. The van der Waals surface area contributed by atoms with Crippen LogP contribution in [0.1, 0.15) is 27.2 Å². The van der Waals surface area contributed by atoms with Crippen molar-refractivity contribution in [2.75, 3.05) is 18.5 Å². The maximum absolute atomic E-state index is 5.85. The minimum atomic E-state index is 0.0966. The summed E-state index contributed by atoms with van der Waals surface area (Å²) in [4.78, 5) is 0. The molecular formula is C20H27NO2. The van der Waals surface area contributed by atoms with Crippen molar-refractivity contribution in [2.45, 2.75) is 33.3 Å². The van der Waals surface area contributed by atoms with Gasteiger partial charge in [0.05, 0.1) is 13.2 Å². The molecule has 0 unspecified atom stereocenters. The predicted molar refractivity (Wildman–Crippen MR) is 96.4 cm³/mol. The Morgan fingerprint density at radius 2 is 1.57 bits per heavy atom. The summed E-state index contributed by atoms with van der Waals surface area (Å²) in [6, 6.07) is 18.0. The molecule has 0 bridgehead atoms. The molecule has 0 spiro atoms. The Kier molecular flexibility index (Phi) is 6.79. The van der Waals surface area contributed by atoms with E-state index in [0.717, 1.165) is 36.8 Å². The van der Waals surface area contributed by atoms with E-state index in [1.165, 1.54) is 0 Å². The van der Waals surface area contributed by atoms with E-state index in [9.17, 15) is 0 Å². The van der Waals surface area contributed by atoms with Crippen LogP contribution in [0.3, 0.4) is 0 Å². The highest BCUT2D eigenvalue weighted by atomic mass is 16.5. The summed E-state index contributed by atoms with van der Waals surface area (Å²) in [6.07, 6.45) is 1.17. The highest BCUT2D eigenvalue weighted by Gasteiger charge is 2.04. The minimum Gasteiger partial charge on any atom is -0.494 e. The molecule has 0 fully saturated rings. The molecule has 0 saturated heterocycles. The Balaban J connectivity index is 1.73. The number of hydrogen-bond acceptors (Lipinski definition) is 3. The van der Waals surface area contributed by atoms with E-state index in [2.05, 4.69) is 26.1 Å². The summed E-state index contributed by atoms with van der Waals surface area (Å²) in [5, 5.41) is 3.39. The van der Waals surface area contributed by atoms with Crippen molar-refractivity contribution in [3.63, 3.8) is 0 Å². The SMILES string of the molecule is CC(C)CCOc1ccc(NC[C@@H](C)Oc2ccccc2)cc1. The number of rotatable bonds is 9. The maximum Gasteiger partial charge on any atom is 0.119 e. The van der Waals surface area contributed by atoms with Crippen LogP contribution in [-0.2, 0) is 0 Å². The van der Waals surface area contributed by atoms with Gasteiger partial charge in [0.15, 0.2) is 0 Å². The lowest BCUT2D eigenvalue weighted by atomic mass is 10.1. The van der Waals surface area contributed by atoms with Crippen molar-refractivity contribution < 1.29 is 9.47 Å². The van der Waals surface area contributed by atoms with Gasteiger partial charge in [0.1, 0.15) is 17.6 Å². The third-order valence-electron chi connectivity index (χ3n) is 3.49. The maximum atomic E-state index is 5.85. The number of ether oxygens (including phenoxy) is 2. The molecule has 0 saturated carbocycles. The molecule has 1 atom stereocenters. The molecule has 3 heteroatoms. The quantitative estimate of drug-likeness (QED) is 0.707. The number of benzene rings is 2. The number of para-hydroxylation sites is 1. The zero-order valence-electron chi connectivity index (χ0n) is 14.3. The van der Waals surface area contributed by atoms with E-state index in [4.69, 9.17) is 9.47 Å². The van der Waals surface area contributed by atoms with E-state index >= 15 is 0 Å². The fourth-order valence-electron chi connectivity index (χ4n) is 2.12. The van der Waals surface area contributed by atoms with Gasteiger partial charge >= 0.3 is 0 Å². The van der Waals surface area contributed by atoms with Gasteiger partial charge in [0.2, 0.25) is 0 Å². The summed E-state index contributed by atoms with van der Waals surface area (Å²) < 4.78 is 11.6. The van der Waals surface area contributed by atoms with E-state index in [0.29, 0.717) is 5.92 Å². The lowest BCUT2D eigenvalue weighted by molar-refractivity contribution is 0.235. The first-order chi connectivity index (χ1) is 11.1. The topological polar surface area (TPSA) is 30.5 Å². The lowest BCUT2D eigenvalue weighted by Crippen LogP contribution is -2.22. The van der Waals surface area contributed by atoms with Gasteiger partial charge in [-0.3, -0.25) is 0 Å². The molecule has 0 radical (unpaired) electrons.